The van der Waals surface area contributed by atoms with E-state index in [4.69, 9.17) is 4.74 Å². The van der Waals surface area contributed by atoms with Gasteiger partial charge in [0, 0.05) is 11.6 Å². The van der Waals surface area contributed by atoms with E-state index in [9.17, 15) is 14.4 Å². The molecule has 0 aromatic heterocycles. The maximum Gasteiger partial charge on any atom is 0.407 e. The summed E-state index contributed by atoms with van der Waals surface area (Å²) in [6.45, 7) is 7.55. The van der Waals surface area contributed by atoms with Crippen LogP contribution in [-0.2, 0) is 14.3 Å². The third kappa shape index (κ3) is 6.27. The minimum Gasteiger partial charge on any atom is -0.450 e. The summed E-state index contributed by atoms with van der Waals surface area (Å²) >= 11 is 0. The molecule has 2 atom stereocenters. The molecule has 27 heavy (non-hydrogen) atoms. The molecule has 2 unspecified atom stereocenters. The molecule has 0 heterocycles. The van der Waals surface area contributed by atoms with Crippen LogP contribution in [0.1, 0.15) is 52.1 Å². The van der Waals surface area contributed by atoms with Crippen LogP contribution >= 0.6 is 0 Å². The molecule has 0 spiro atoms. The van der Waals surface area contributed by atoms with Crippen LogP contribution in [0.2, 0.25) is 0 Å². The third-order valence-corrected chi connectivity index (χ3v) is 4.48. The Hall–Kier alpha value is -2.57. The smallest absolute Gasteiger partial charge is 0.407 e. The Morgan fingerprint density at radius 2 is 1.70 bits per heavy atom. The van der Waals surface area contributed by atoms with E-state index in [-0.39, 0.29) is 36.3 Å². The Bertz CT molecular complexity index is 668. The molecule has 3 N–H and O–H groups in total. The minimum atomic E-state index is -0.677. The van der Waals surface area contributed by atoms with E-state index in [1.54, 1.807) is 6.92 Å². The second kappa shape index (κ2) is 9.39. The summed E-state index contributed by atoms with van der Waals surface area (Å²) in [5, 5.41) is 8.41. The molecule has 7 heteroatoms. The molecule has 1 aliphatic carbocycles. The van der Waals surface area contributed by atoms with Crippen molar-refractivity contribution >= 4 is 23.6 Å². The first kappa shape index (κ1) is 20.7. The van der Waals surface area contributed by atoms with Crippen LogP contribution in [0, 0.1) is 11.8 Å². The molecule has 2 rings (SSSR count). The number of hydrogen-bond donors (Lipinski definition) is 3. The highest BCUT2D eigenvalue weighted by atomic mass is 16.5. The van der Waals surface area contributed by atoms with Crippen LogP contribution in [-0.4, -0.2) is 30.6 Å². The van der Waals surface area contributed by atoms with E-state index in [2.05, 4.69) is 16.0 Å². The fourth-order valence-corrected chi connectivity index (χ4v) is 2.67. The van der Waals surface area contributed by atoms with Crippen LogP contribution in [0.5, 0.6) is 0 Å². The minimum absolute atomic E-state index is 0.0638. The number of rotatable bonds is 8. The third-order valence-electron chi connectivity index (χ3n) is 4.48. The number of ether oxygens (including phenoxy) is 1. The summed E-state index contributed by atoms with van der Waals surface area (Å²) in [6.07, 6.45) is 1.32. The number of hydrogen-bond acceptors (Lipinski definition) is 4. The van der Waals surface area contributed by atoms with E-state index >= 15 is 0 Å². The normalized spacial score (nSPS) is 15.6. The summed E-state index contributed by atoms with van der Waals surface area (Å²) in [4.78, 5) is 36.0. The second-order valence-corrected chi connectivity index (χ2v) is 7.20. The van der Waals surface area contributed by atoms with Gasteiger partial charge in [0.25, 0.3) is 0 Å². The van der Waals surface area contributed by atoms with Crippen LogP contribution in [0.15, 0.2) is 24.3 Å². The van der Waals surface area contributed by atoms with Crippen molar-refractivity contribution in [1.29, 1.82) is 0 Å². The quantitative estimate of drug-likeness (QED) is 0.651. The average molecular weight is 375 g/mol. The van der Waals surface area contributed by atoms with Crippen molar-refractivity contribution in [3.05, 3.63) is 29.8 Å². The lowest BCUT2D eigenvalue weighted by atomic mass is 10.0. The molecule has 148 valence electrons. The Morgan fingerprint density at radius 1 is 1.07 bits per heavy atom. The Balaban J connectivity index is 1.93. The number of carbonyl (C=O) groups is 3. The number of anilines is 1. The predicted molar refractivity (Wildman–Crippen MR) is 103 cm³/mol. The van der Waals surface area contributed by atoms with E-state index in [0.717, 1.165) is 24.1 Å². The van der Waals surface area contributed by atoms with Gasteiger partial charge in [-0.25, -0.2) is 4.79 Å². The van der Waals surface area contributed by atoms with Crippen LogP contribution < -0.4 is 16.0 Å². The molecule has 1 saturated carbocycles. The van der Waals surface area contributed by atoms with E-state index in [1.807, 2.05) is 45.0 Å². The van der Waals surface area contributed by atoms with Crippen molar-refractivity contribution in [2.24, 2.45) is 11.8 Å². The first-order chi connectivity index (χ1) is 12.8. The molecule has 1 aromatic carbocycles. The van der Waals surface area contributed by atoms with Gasteiger partial charge in [-0.1, -0.05) is 26.0 Å². The largest absolute Gasteiger partial charge is 0.450 e. The summed E-state index contributed by atoms with van der Waals surface area (Å²) < 4.78 is 4.86. The van der Waals surface area contributed by atoms with Crippen molar-refractivity contribution in [2.75, 3.05) is 11.9 Å². The summed E-state index contributed by atoms with van der Waals surface area (Å²) in [5.41, 5.74) is 1.66. The maximum atomic E-state index is 12.6. The number of benzene rings is 1. The molecule has 0 saturated heterocycles. The SMILES string of the molecule is CCOC(=O)NC(C(=O)NC(C)c1ccc(NC(=O)C2CC2)cc1)C(C)C. The highest BCUT2D eigenvalue weighted by Gasteiger charge is 2.29. The van der Waals surface area contributed by atoms with E-state index in [0.29, 0.717) is 0 Å². The van der Waals surface area contributed by atoms with Gasteiger partial charge in [0.2, 0.25) is 11.8 Å². The second-order valence-electron chi connectivity index (χ2n) is 7.20. The number of alkyl carbamates (subject to hydrolysis) is 1. The van der Waals surface area contributed by atoms with Gasteiger partial charge in [-0.15, -0.1) is 0 Å². The fraction of sp³-hybridized carbons (Fsp3) is 0.550. The highest BCUT2D eigenvalue weighted by molar-refractivity contribution is 5.94. The van der Waals surface area contributed by atoms with Gasteiger partial charge < -0.3 is 20.7 Å². The van der Waals surface area contributed by atoms with Crippen molar-refractivity contribution in [2.45, 2.75) is 52.6 Å². The molecule has 1 fully saturated rings. The van der Waals surface area contributed by atoms with Crippen LogP contribution in [0.25, 0.3) is 0 Å². The first-order valence-electron chi connectivity index (χ1n) is 9.46. The number of amides is 3. The molecule has 7 nitrogen and oxygen atoms in total. The lowest BCUT2D eigenvalue weighted by Gasteiger charge is -2.24. The summed E-state index contributed by atoms with van der Waals surface area (Å²) in [6, 6.07) is 6.48. The van der Waals surface area contributed by atoms with Gasteiger partial charge in [-0.2, -0.15) is 0 Å². The zero-order valence-electron chi connectivity index (χ0n) is 16.4. The Kier molecular flexibility index (Phi) is 7.21. The summed E-state index contributed by atoms with van der Waals surface area (Å²) in [5.74, 6) is -0.130. The molecule has 3 amide bonds. The highest BCUT2D eigenvalue weighted by Crippen LogP contribution is 2.30. The lowest BCUT2D eigenvalue weighted by molar-refractivity contribution is -0.124. The molecule has 1 aromatic rings. The van der Waals surface area contributed by atoms with E-state index in [1.165, 1.54) is 0 Å². The van der Waals surface area contributed by atoms with Gasteiger partial charge in [0.05, 0.1) is 12.6 Å². The Morgan fingerprint density at radius 3 is 2.22 bits per heavy atom. The van der Waals surface area contributed by atoms with Crippen molar-refractivity contribution < 1.29 is 19.1 Å². The average Bonchev–Trinajstić information content (AvgIpc) is 3.45. The van der Waals surface area contributed by atoms with Crippen LogP contribution in [0.3, 0.4) is 0 Å². The maximum absolute atomic E-state index is 12.6. The molecular weight excluding hydrogens is 346 g/mol. The molecule has 0 bridgehead atoms. The zero-order valence-corrected chi connectivity index (χ0v) is 16.4. The summed E-state index contributed by atoms with van der Waals surface area (Å²) in [7, 11) is 0. The first-order valence-corrected chi connectivity index (χ1v) is 9.46. The van der Waals surface area contributed by atoms with Crippen molar-refractivity contribution in [3.8, 4) is 0 Å². The van der Waals surface area contributed by atoms with Gasteiger partial charge in [0.15, 0.2) is 0 Å². The van der Waals surface area contributed by atoms with Crippen molar-refractivity contribution in [3.63, 3.8) is 0 Å². The number of nitrogens with one attached hydrogen (secondary N) is 3. The van der Waals surface area contributed by atoms with Gasteiger partial charge in [0.1, 0.15) is 6.04 Å². The van der Waals surface area contributed by atoms with Gasteiger partial charge >= 0.3 is 6.09 Å². The predicted octanol–water partition coefficient (Wildman–Crippen LogP) is 2.98. The number of carbonyl (C=O) groups excluding carboxylic acids is 3. The monoisotopic (exact) mass is 375 g/mol. The van der Waals surface area contributed by atoms with Gasteiger partial charge in [-0.05, 0) is 50.3 Å². The molecule has 0 radical (unpaired) electrons. The standard InChI is InChI=1S/C20H29N3O4/c1-5-27-20(26)23-17(12(2)3)19(25)21-13(4)14-8-10-16(11-9-14)22-18(24)15-6-7-15/h8-13,15,17H,5-7H2,1-4H3,(H,21,25)(H,22,24)(H,23,26). The molecule has 0 aliphatic heterocycles. The fourth-order valence-electron chi connectivity index (χ4n) is 2.67. The molecule has 1 aliphatic rings. The lowest BCUT2D eigenvalue weighted by Crippen LogP contribution is -2.50. The van der Waals surface area contributed by atoms with Crippen molar-refractivity contribution in [1.82, 2.24) is 10.6 Å². The topological polar surface area (TPSA) is 96.5 Å². The molecular formula is C20H29N3O4. The van der Waals surface area contributed by atoms with Crippen LogP contribution in [0.4, 0.5) is 10.5 Å². The zero-order chi connectivity index (χ0) is 20.0. The van der Waals surface area contributed by atoms with E-state index < -0.39 is 12.1 Å². The van der Waals surface area contributed by atoms with Gasteiger partial charge in [-0.3, -0.25) is 9.59 Å². The Labute approximate surface area is 160 Å².